The van der Waals surface area contributed by atoms with Gasteiger partial charge in [0.2, 0.25) is 0 Å². The van der Waals surface area contributed by atoms with E-state index in [0.717, 1.165) is 31.7 Å². The van der Waals surface area contributed by atoms with Crippen molar-refractivity contribution in [2.45, 2.75) is 44.1 Å². The van der Waals surface area contributed by atoms with Crippen LogP contribution in [0, 0.1) is 0 Å². The fourth-order valence-electron chi connectivity index (χ4n) is 3.53. The van der Waals surface area contributed by atoms with Gasteiger partial charge in [-0.15, -0.1) is 11.3 Å². The minimum atomic E-state index is 0.191. The first-order valence-corrected chi connectivity index (χ1v) is 9.07. The third-order valence-electron chi connectivity index (χ3n) is 4.64. The van der Waals surface area contributed by atoms with Crippen molar-refractivity contribution in [3.05, 3.63) is 41.1 Å². The summed E-state index contributed by atoms with van der Waals surface area (Å²) in [6, 6.07) is 4.36. The van der Waals surface area contributed by atoms with Crippen LogP contribution in [0.3, 0.4) is 0 Å². The van der Waals surface area contributed by atoms with Crippen LogP contribution in [0.4, 0.5) is 0 Å². The molecule has 3 atom stereocenters. The minimum absolute atomic E-state index is 0.191. The van der Waals surface area contributed by atoms with Crippen molar-refractivity contribution in [1.29, 1.82) is 0 Å². The molecule has 2 fully saturated rings. The molecule has 0 unspecified atom stereocenters. The molecule has 0 N–H and O–H groups in total. The van der Waals surface area contributed by atoms with Gasteiger partial charge in [0.05, 0.1) is 24.9 Å². The molecule has 0 aromatic carbocycles. The highest BCUT2D eigenvalue weighted by Gasteiger charge is 2.40. The predicted octanol–water partition coefficient (Wildman–Crippen LogP) is 2.74. The van der Waals surface area contributed by atoms with Crippen molar-refractivity contribution in [2.24, 2.45) is 0 Å². The molecule has 5 nitrogen and oxygen atoms in total. The summed E-state index contributed by atoms with van der Waals surface area (Å²) < 4.78 is 12.1. The molecule has 2 saturated heterocycles. The first kappa shape index (κ1) is 15.1. The number of hydrogen-bond donors (Lipinski definition) is 0. The van der Waals surface area contributed by atoms with Crippen molar-refractivity contribution in [1.82, 2.24) is 14.9 Å². The number of fused-ring (bicyclic) bond motifs is 1. The number of hydrogen-bond acceptors (Lipinski definition) is 6. The van der Waals surface area contributed by atoms with Crippen molar-refractivity contribution in [3.63, 3.8) is 0 Å². The Morgan fingerprint density at radius 2 is 2.30 bits per heavy atom. The fraction of sp³-hybridized carbons (Fsp3) is 0.529. The molecule has 23 heavy (non-hydrogen) atoms. The molecule has 2 aliphatic heterocycles. The number of ether oxygens (including phenoxy) is 2. The molecule has 0 radical (unpaired) electrons. The monoisotopic (exact) mass is 331 g/mol. The standard InChI is InChI=1S/C17H21N3O2S/c1-2-13(10-18-6-1)21-12-14-3-4-15-16(22-14)5-8-20(15)11-17-19-7-9-23-17/h1-2,6-7,9-10,14-16H,3-5,8,11-12H2/t14-,15+,16+/m1/s1. The highest BCUT2D eigenvalue weighted by molar-refractivity contribution is 7.09. The molecule has 4 rings (SSSR count). The van der Waals surface area contributed by atoms with E-state index in [2.05, 4.69) is 14.9 Å². The van der Waals surface area contributed by atoms with Gasteiger partial charge in [0.25, 0.3) is 0 Å². The summed E-state index contributed by atoms with van der Waals surface area (Å²) in [5, 5.41) is 3.25. The van der Waals surface area contributed by atoms with Gasteiger partial charge in [-0.25, -0.2) is 4.98 Å². The van der Waals surface area contributed by atoms with E-state index >= 15 is 0 Å². The lowest BCUT2D eigenvalue weighted by Crippen LogP contribution is -2.43. The van der Waals surface area contributed by atoms with Gasteiger partial charge in [0, 0.05) is 30.4 Å². The van der Waals surface area contributed by atoms with Crippen LogP contribution in [-0.4, -0.2) is 46.3 Å². The van der Waals surface area contributed by atoms with Crippen LogP contribution in [0.15, 0.2) is 36.1 Å². The minimum Gasteiger partial charge on any atom is -0.489 e. The SMILES string of the molecule is c1cncc(OC[C@H]2CC[C@H]3[C@H](CCN3Cc3nccs3)O2)c1. The van der Waals surface area contributed by atoms with E-state index in [1.807, 2.05) is 23.7 Å². The maximum atomic E-state index is 6.28. The first-order chi connectivity index (χ1) is 11.4. The van der Waals surface area contributed by atoms with Crippen LogP contribution in [0.25, 0.3) is 0 Å². The lowest BCUT2D eigenvalue weighted by atomic mass is 9.99. The van der Waals surface area contributed by atoms with Crippen LogP contribution in [0.2, 0.25) is 0 Å². The molecule has 0 amide bonds. The van der Waals surface area contributed by atoms with Gasteiger partial charge in [0.1, 0.15) is 17.4 Å². The molecule has 0 aliphatic carbocycles. The zero-order valence-corrected chi connectivity index (χ0v) is 13.8. The van der Waals surface area contributed by atoms with Crippen LogP contribution < -0.4 is 4.74 Å². The van der Waals surface area contributed by atoms with Crippen LogP contribution in [-0.2, 0) is 11.3 Å². The Kier molecular flexibility index (Phi) is 4.55. The molecule has 122 valence electrons. The van der Waals surface area contributed by atoms with E-state index in [-0.39, 0.29) is 6.10 Å². The van der Waals surface area contributed by atoms with E-state index < -0.39 is 0 Å². The smallest absolute Gasteiger partial charge is 0.137 e. The van der Waals surface area contributed by atoms with Crippen molar-refractivity contribution in [3.8, 4) is 5.75 Å². The van der Waals surface area contributed by atoms with E-state index in [0.29, 0.717) is 18.8 Å². The molecule has 2 aliphatic rings. The van der Waals surface area contributed by atoms with E-state index in [4.69, 9.17) is 9.47 Å². The number of likely N-dealkylation sites (tertiary alicyclic amines) is 1. The van der Waals surface area contributed by atoms with Gasteiger partial charge in [-0.3, -0.25) is 9.88 Å². The normalized spacial score (nSPS) is 27.7. The topological polar surface area (TPSA) is 47.5 Å². The van der Waals surface area contributed by atoms with Gasteiger partial charge in [0.15, 0.2) is 0 Å². The molecule has 0 bridgehead atoms. The maximum Gasteiger partial charge on any atom is 0.137 e. The Balaban J connectivity index is 1.29. The summed E-state index contributed by atoms with van der Waals surface area (Å²) in [6.45, 7) is 2.67. The second kappa shape index (κ2) is 6.95. The number of pyridine rings is 1. The molecule has 6 heteroatoms. The van der Waals surface area contributed by atoms with Gasteiger partial charge in [-0.2, -0.15) is 0 Å². The lowest BCUT2D eigenvalue weighted by molar-refractivity contribution is -0.0841. The summed E-state index contributed by atoms with van der Waals surface area (Å²) in [7, 11) is 0. The average Bonchev–Trinajstić information content (AvgIpc) is 3.24. The molecular weight excluding hydrogens is 310 g/mol. The Morgan fingerprint density at radius 3 is 3.13 bits per heavy atom. The van der Waals surface area contributed by atoms with E-state index in [1.165, 1.54) is 11.4 Å². The Labute approximate surface area is 140 Å². The molecular formula is C17H21N3O2S. The van der Waals surface area contributed by atoms with Crippen LogP contribution >= 0.6 is 11.3 Å². The molecule has 0 spiro atoms. The Hall–Kier alpha value is -1.50. The lowest BCUT2D eigenvalue weighted by Gasteiger charge is -2.35. The zero-order valence-electron chi connectivity index (χ0n) is 13.0. The molecule has 4 heterocycles. The van der Waals surface area contributed by atoms with Crippen molar-refractivity contribution < 1.29 is 9.47 Å². The highest BCUT2D eigenvalue weighted by atomic mass is 32.1. The van der Waals surface area contributed by atoms with Gasteiger partial charge in [-0.05, 0) is 31.4 Å². The number of rotatable bonds is 5. The highest BCUT2D eigenvalue weighted by Crippen LogP contribution is 2.32. The summed E-state index contributed by atoms with van der Waals surface area (Å²) in [5.74, 6) is 0.815. The number of thiazole rings is 1. The summed E-state index contributed by atoms with van der Waals surface area (Å²) in [6.07, 6.45) is 9.26. The predicted molar refractivity (Wildman–Crippen MR) is 88.6 cm³/mol. The van der Waals surface area contributed by atoms with E-state index in [1.54, 1.807) is 23.7 Å². The molecule has 2 aromatic heterocycles. The second-order valence-corrected chi connectivity index (χ2v) is 7.11. The first-order valence-electron chi connectivity index (χ1n) is 8.19. The quantitative estimate of drug-likeness (QED) is 0.843. The summed E-state index contributed by atoms with van der Waals surface area (Å²) in [4.78, 5) is 11.0. The van der Waals surface area contributed by atoms with Gasteiger partial charge < -0.3 is 9.47 Å². The molecule has 2 aromatic rings. The number of nitrogens with zero attached hydrogens (tertiary/aromatic N) is 3. The van der Waals surface area contributed by atoms with Crippen molar-refractivity contribution in [2.75, 3.05) is 13.2 Å². The maximum absolute atomic E-state index is 6.28. The van der Waals surface area contributed by atoms with Crippen LogP contribution in [0.5, 0.6) is 5.75 Å². The zero-order chi connectivity index (χ0) is 15.5. The summed E-state index contributed by atoms with van der Waals surface area (Å²) >= 11 is 1.74. The Bertz CT molecular complexity index is 608. The Morgan fingerprint density at radius 1 is 1.30 bits per heavy atom. The number of aromatic nitrogens is 2. The fourth-order valence-corrected chi connectivity index (χ4v) is 4.17. The van der Waals surface area contributed by atoms with Crippen LogP contribution in [0.1, 0.15) is 24.3 Å². The third kappa shape index (κ3) is 3.54. The van der Waals surface area contributed by atoms with Crippen molar-refractivity contribution >= 4 is 11.3 Å². The average molecular weight is 331 g/mol. The third-order valence-corrected chi connectivity index (χ3v) is 5.41. The second-order valence-electron chi connectivity index (χ2n) is 6.13. The van der Waals surface area contributed by atoms with E-state index in [9.17, 15) is 0 Å². The summed E-state index contributed by atoms with van der Waals surface area (Å²) in [5.41, 5.74) is 0. The van der Waals surface area contributed by atoms with Gasteiger partial charge >= 0.3 is 0 Å². The largest absolute Gasteiger partial charge is 0.489 e. The van der Waals surface area contributed by atoms with Gasteiger partial charge in [-0.1, -0.05) is 0 Å². The molecule has 0 saturated carbocycles.